The topological polar surface area (TPSA) is 109 Å². The van der Waals surface area contributed by atoms with Gasteiger partial charge in [0.05, 0.1) is 24.6 Å². The Kier molecular flexibility index (Phi) is 13.2. The first-order chi connectivity index (χ1) is 22.5. The number of rotatable bonds is 17. The minimum atomic E-state index is 0.512. The van der Waals surface area contributed by atoms with E-state index in [1.165, 1.54) is 12.8 Å². The van der Waals surface area contributed by atoms with Gasteiger partial charge in [0.1, 0.15) is 23.0 Å². The number of hydrogen-bond acceptors (Lipinski definition) is 8. The molecule has 0 amide bonds. The van der Waals surface area contributed by atoms with Crippen LogP contribution in [-0.2, 0) is 0 Å². The summed E-state index contributed by atoms with van der Waals surface area (Å²) in [6.45, 7) is 5.28. The summed E-state index contributed by atoms with van der Waals surface area (Å²) in [6, 6.07) is 26.5. The standard InChI is InChI=1S/C38H38N4O4/c1-29-23-35(45-27-39)17-19-37(29)41-25-31-9-13-33(14-10-31)43-21-7-5-3-4-6-8-22-44-34-15-11-32(12-16-34)26-42-38-20-18-36(46-28-40)24-30(38)2/h9-20,23-26H,3-8,21-22H2,1-2H3. The van der Waals surface area contributed by atoms with Crippen molar-refractivity contribution >= 4 is 23.8 Å². The molecule has 0 heterocycles. The van der Waals surface area contributed by atoms with Crippen LogP contribution in [0.4, 0.5) is 11.4 Å². The van der Waals surface area contributed by atoms with E-state index in [-0.39, 0.29) is 0 Å². The summed E-state index contributed by atoms with van der Waals surface area (Å²) < 4.78 is 21.5. The zero-order chi connectivity index (χ0) is 32.4. The van der Waals surface area contributed by atoms with E-state index in [2.05, 4.69) is 9.98 Å². The minimum Gasteiger partial charge on any atom is -0.494 e. The minimum absolute atomic E-state index is 0.512. The highest BCUT2D eigenvalue weighted by atomic mass is 16.5. The third-order valence-electron chi connectivity index (χ3n) is 7.21. The second-order valence-electron chi connectivity index (χ2n) is 10.8. The Bertz CT molecular complexity index is 1560. The van der Waals surface area contributed by atoms with Gasteiger partial charge in [-0.25, -0.2) is 0 Å². The number of hydrogen-bond donors (Lipinski definition) is 0. The van der Waals surface area contributed by atoms with E-state index in [1.807, 2.05) is 86.9 Å². The van der Waals surface area contributed by atoms with E-state index in [4.69, 9.17) is 29.5 Å². The molecule has 0 saturated heterocycles. The SMILES string of the molecule is Cc1cc(OC#N)ccc1N=Cc1ccc(OCCCCCCCCOc2ccc(C=Nc3ccc(OC#N)cc3C)cc2)cc1. The van der Waals surface area contributed by atoms with Crippen LogP contribution in [-0.4, -0.2) is 25.6 Å². The number of unbranched alkanes of at least 4 members (excludes halogenated alkanes) is 5. The van der Waals surface area contributed by atoms with Gasteiger partial charge in [-0.1, -0.05) is 25.7 Å². The average molecular weight is 615 g/mol. The van der Waals surface area contributed by atoms with Gasteiger partial charge < -0.3 is 18.9 Å². The quantitative estimate of drug-likeness (QED) is 0.0666. The Morgan fingerprint density at radius 3 is 1.26 bits per heavy atom. The molecule has 0 saturated carbocycles. The fourth-order valence-electron chi connectivity index (χ4n) is 4.66. The van der Waals surface area contributed by atoms with Gasteiger partial charge in [-0.05, 0) is 134 Å². The number of aryl methyl sites for hydroxylation is 2. The summed E-state index contributed by atoms with van der Waals surface area (Å²) >= 11 is 0. The molecular weight excluding hydrogens is 576 g/mol. The molecule has 46 heavy (non-hydrogen) atoms. The summed E-state index contributed by atoms with van der Waals surface area (Å²) in [7, 11) is 0. The largest absolute Gasteiger partial charge is 0.494 e. The van der Waals surface area contributed by atoms with Crippen molar-refractivity contribution in [3.05, 3.63) is 107 Å². The van der Waals surface area contributed by atoms with E-state index < -0.39 is 0 Å². The Hall–Kier alpha value is -5.60. The molecule has 0 N–H and O–H groups in total. The maximum absolute atomic E-state index is 8.64. The molecule has 0 fully saturated rings. The van der Waals surface area contributed by atoms with Gasteiger partial charge in [0.25, 0.3) is 12.5 Å². The molecule has 0 aliphatic rings. The smallest absolute Gasteiger partial charge is 0.292 e. The Morgan fingerprint density at radius 1 is 0.522 bits per heavy atom. The first kappa shape index (κ1) is 33.3. The number of benzene rings is 4. The average Bonchev–Trinajstić information content (AvgIpc) is 3.06. The lowest BCUT2D eigenvalue weighted by atomic mass is 10.1. The summed E-state index contributed by atoms with van der Waals surface area (Å²) in [4.78, 5) is 9.09. The summed E-state index contributed by atoms with van der Waals surface area (Å²) in [6.07, 6.45) is 13.7. The van der Waals surface area contributed by atoms with Crippen molar-refractivity contribution in [3.8, 4) is 35.5 Å². The van der Waals surface area contributed by atoms with Crippen LogP contribution in [0.25, 0.3) is 0 Å². The van der Waals surface area contributed by atoms with Gasteiger partial charge in [-0.2, -0.15) is 0 Å². The molecule has 4 aromatic carbocycles. The molecule has 0 radical (unpaired) electrons. The van der Waals surface area contributed by atoms with Crippen LogP contribution >= 0.6 is 0 Å². The first-order valence-electron chi connectivity index (χ1n) is 15.4. The van der Waals surface area contributed by atoms with Crippen molar-refractivity contribution in [1.29, 1.82) is 10.5 Å². The van der Waals surface area contributed by atoms with Gasteiger partial charge in [-0.15, -0.1) is 10.5 Å². The van der Waals surface area contributed by atoms with E-state index in [0.29, 0.717) is 24.7 Å². The molecule has 4 aromatic rings. The molecule has 8 nitrogen and oxygen atoms in total. The third kappa shape index (κ3) is 11.2. The van der Waals surface area contributed by atoms with Crippen molar-refractivity contribution < 1.29 is 18.9 Å². The highest BCUT2D eigenvalue weighted by Crippen LogP contribution is 2.25. The van der Waals surface area contributed by atoms with Crippen LogP contribution in [0.3, 0.4) is 0 Å². The second kappa shape index (κ2) is 18.3. The fourth-order valence-corrected chi connectivity index (χ4v) is 4.66. The molecule has 0 aliphatic heterocycles. The molecule has 0 unspecified atom stereocenters. The van der Waals surface area contributed by atoms with Crippen molar-refractivity contribution in [2.75, 3.05) is 13.2 Å². The van der Waals surface area contributed by atoms with Crippen LogP contribution in [0.15, 0.2) is 94.9 Å². The molecule has 0 aliphatic carbocycles. The lowest BCUT2D eigenvalue weighted by Gasteiger charge is -2.08. The van der Waals surface area contributed by atoms with Crippen LogP contribution in [0, 0.1) is 36.9 Å². The number of aliphatic imine (C=N–C) groups is 2. The number of nitrogens with zero attached hydrogens (tertiary/aromatic N) is 4. The number of ether oxygens (including phenoxy) is 4. The zero-order valence-corrected chi connectivity index (χ0v) is 26.3. The maximum atomic E-state index is 8.64. The van der Waals surface area contributed by atoms with E-state index in [1.54, 1.807) is 36.8 Å². The van der Waals surface area contributed by atoms with Crippen molar-refractivity contribution in [2.45, 2.75) is 52.4 Å². The Labute approximate surface area is 271 Å². The van der Waals surface area contributed by atoms with Gasteiger partial charge in [0.15, 0.2) is 0 Å². The van der Waals surface area contributed by atoms with Gasteiger partial charge in [0, 0.05) is 12.4 Å². The van der Waals surface area contributed by atoms with Gasteiger partial charge in [-0.3, -0.25) is 9.98 Å². The molecule has 4 rings (SSSR count). The van der Waals surface area contributed by atoms with E-state index in [9.17, 15) is 0 Å². The monoisotopic (exact) mass is 614 g/mol. The second-order valence-corrected chi connectivity index (χ2v) is 10.8. The van der Waals surface area contributed by atoms with Crippen LogP contribution in [0.5, 0.6) is 23.0 Å². The highest BCUT2D eigenvalue weighted by Gasteiger charge is 2.02. The Balaban J connectivity index is 1.04. The predicted octanol–water partition coefficient (Wildman–Crippen LogP) is 9.32. The van der Waals surface area contributed by atoms with Crippen molar-refractivity contribution in [2.24, 2.45) is 9.98 Å². The van der Waals surface area contributed by atoms with Crippen LogP contribution in [0.2, 0.25) is 0 Å². The molecule has 234 valence electrons. The van der Waals surface area contributed by atoms with Gasteiger partial charge in [0.2, 0.25) is 0 Å². The first-order valence-corrected chi connectivity index (χ1v) is 15.4. The van der Waals surface area contributed by atoms with Crippen molar-refractivity contribution in [3.63, 3.8) is 0 Å². The van der Waals surface area contributed by atoms with Crippen LogP contribution in [0.1, 0.15) is 60.8 Å². The third-order valence-corrected chi connectivity index (χ3v) is 7.21. The summed E-state index contributed by atoms with van der Waals surface area (Å²) in [5.74, 6) is 2.74. The highest BCUT2D eigenvalue weighted by molar-refractivity contribution is 5.83. The normalized spacial score (nSPS) is 10.9. The predicted molar refractivity (Wildman–Crippen MR) is 181 cm³/mol. The molecule has 0 aromatic heterocycles. The van der Waals surface area contributed by atoms with Crippen LogP contribution < -0.4 is 18.9 Å². The molecule has 0 atom stereocenters. The fraction of sp³-hybridized carbons (Fsp3) is 0.263. The lowest BCUT2D eigenvalue weighted by Crippen LogP contribution is -1.98. The zero-order valence-electron chi connectivity index (χ0n) is 26.3. The lowest BCUT2D eigenvalue weighted by molar-refractivity contribution is 0.297. The molecule has 0 bridgehead atoms. The summed E-state index contributed by atoms with van der Waals surface area (Å²) in [5, 5.41) is 17.3. The molecule has 8 heteroatoms. The number of nitriles is 2. The summed E-state index contributed by atoms with van der Waals surface area (Å²) in [5.41, 5.74) is 5.50. The van der Waals surface area contributed by atoms with Gasteiger partial charge >= 0.3 is 0 Å². The van der Waals surface area contributed by atoms with E-state index >= 15 is 0 Å². The maximum Gasteiger partial charge on any atom is 0.292 e. The molecule has 0 spiro atoms. The van der Waals surface area contributed by atoms with E-state index in [0.717, 1.165) is 70.8 Å². The molecular formula is C38H38N4O4. The van der Waals surface area contributed by atoms with Crippen molar-refractivity contribution in [1.82, 2.24) is 0 Å². The Morgan fingerprint density at radius 2 is 0.891 bits per heavy atom.